The Balaban J connectivity index is 1.30. The average molecular weight is 1340 g/mol. The highest BCUT2D eigenvalue weighted by Crippen LogP contribution is 2.33. The number of carbonyl (C=O) groups is 1. The lowest BCUT2D eigenvalue weighted by molar-refractivity contribution is -0.379. The molecule has 94 heavy (non-hydrogen) atoms. The molecule has 19 nitrogen and oxygen atoms in total. The van der Waals surface area contributed by atoms with Gasteiger partial charge in [-0.2, -0.15) is 0 Å². The minimum Gasteiger partial charge on any atom is -0.394 e. The van der Waals surface area contributed by atoms with E-state index in [1.54, 1.807) is 6.08 Å². The van der Waals surface area contributed by atoms with Gasteiger partial charge in [0.2, 0.25) is 5.91 Å². The van der Waals surface area contributed by atoms with Crippen LogP contribution in [0.4, 0.5) is 0 Å². The van der Waals surface area contributed by atoms with Crippen LogP contribution in [0.25, 0.3) is 0 Å². The van der Waals surface area contributed by atoms with Crippen molar-refractivity contribution in [2.75, 3.05) is 26.4 Å². The van der Waals surface area contributed by atoms with E-state index < -0.39 is 124 Å². The summed E-state index contributed by atoms with van der Waals surface area (Å²) in [4.78, 5) is 13.4. The van der Waals surface area contributed by atoms with Gasteiger partial charge in [0.25, 0.3) is 0 Å². The molecule has 0 aromatic carbocycles. The third-order valence-electron chi connectivity index (χ3n) is 18.5. The van der Waals surface area contributed by atoms with E-state index in [-0.39, 0.29) is 18.9 Å². The summed E-state index contributed by atoms with van der Waals surface area (Å²) < 4.78 is 34.3. The molecule has 12 N–H and O–H groups in total. The van der Waals surface area contributed by atoms with E-state index in [9.17, 15) is 61.0 Å². The van der Waals surface area contributed by atoms with E-state index in [0.29, 0.717) is 12.8 Å². The molecule has 1 amide bonds. The molecule has 3 rings (SSSR count). The third-order valence-corrected chi connectivity index (χ3v) is 18.5. The molecular weight excluding hydrogens is 1200 g/mol. The number of ether oxygens (including phenoxy) is 6. The van der Waals surface area contributed by atoms with Crippen molar-refractivity contribution in [2.45, 2.75) is 381 Å². The normalized spacial score (nSPS) is 27.7. The molecule has 17 atom stereocenters. The van der Waals surface area contributed by atoms with Gasteiger partial charge in [-0.1, -0.05) is 261 Å². The number of unbranched alkanes of at least 4 members (excludes halogenated alkanes) is 34. The molecule has 0 aromatic rings. The lowest BCUT2D eigenvalue weighted by atomic mass is 9.96. The third kappa shape index (κ3) is 37.1. The summed E-state index contributed by atoms with van der Waals surface area (Å²) in [5.74, 6) is -0.288. The van der Waals surface area contributed by atoms with Crippen LogP contribution in [0.2, 0.25) is 0 Å². The van der Waals surface area contributed by atoms with Gasteiger partial charge in [0.05, 0.1) is 38.6 Å². The highest BCUT2D eigenvalue weighted by Gasteiger charge is 2.53. The van der Waals surface area contributed by atoms with Gasteiger partial charge in [-0.05, 0) is 70.6 Å². The fourth-order valence-electron chi connectivity index (χ4n) is 12.4. The second-order valence-electron chi connectivity index (χ2n) is 26.7. The van der Waals surface area contributed by atoms with E-state index in [4.69, 9.17) is 28.4 Å². The molecular formula is C75H135NO18. The maximum absolute atomic E-state index is 13.4. The largest absolute Gasteiger partial charge is 0.394 e. The molecule has 0 spiro atoms. The van der Waals surface area contributed by atoms with Gasteiger partial charge < -0.3 is 89.9 Å². The van der Waals surface area contributed by atoms with E-state index in [2.05, 4.69) is 67.8 Å². The van der Waals surface area contributed by atoms with Crippen molar-refractivity contribution in [1.82, 2.24) is 5.32 Å². The van der Waals surface area contributed by atoms with Crippen LogP contribution in [0.15, 0.2) is 60.8 Å². The van der Waals surface area contributed by atoms with Crippen molar-refractivity contribution in [3.8, 4) is 0 Å². The number of hydrogen-bond acceptors (Lipinski definition) is 18. The molecule has 3 aliphatic rings. The van der Waals surface area contributed by atoms with E-state index in [1.165, 1.54) is 193 Å². The minimum atomic E-state index is -1.98. The highest BCUT2D eigenvalue weighted by atomic mass is 16.8. The number of allylic oxidation sites excluding steroid dienone is 9. The Morgan fingerprint density at radius 3 is 1.16 bits per heavy atom. The highest BCUT2D eigenvalue weighted by molar-refractivity contribution is 5.76. The SMILES string of the molecule is CCCC/C=C/CC/C=C/CC/C=C/C(O)C(COC1OC(CO)C(OC2OC(CO)C(OC3OC(CO)C(O)C(O)C3O)C(O)C2O)C(O)C1O)NC(=O)CCCCCCCCCCCCCCCCCCCCCCCCCCC/C=C\C/C=C\CCCCCCC. The van der Waals surface area contributed by atoms with E-state index >= 15 is 0 Å². The second-order valence-corrected chi connectivity index (χ2v) is 26.7. The summed E-state index contributed by atoms with van der Waals surface area (Å²) in [6, 6.07) is -0.995. The van der Waals surface area contributed by atoms with Crippen LogP contribution in [0, 0.1) is 0 Å². The number of aliphatic hydroxyl groups is 11. The predicted octanol–water partition coefficient (Wildman–Crippen LogP) is 11.1. The maximum Gasteiger partial charge on any atom is 0.220 e. The second kappa shape index (κ2) is 56.3. The van der Waals surface area contributed by atoms with Gasteiger partial charge in [-0.25, -0.2) is 0 Å². The van der Waals surface area contributed by atoms with Crippen molar-refractivity contribution in [2.24, 2.45) is 0 Å². The number of nitrogens with one attached hydrogen (secondary N) is 1. The minimum absolute atomic E-state index is 0.233. The van der Waals surface area contributed by atoms with Gasteiger partial charge in [0.1, 0.15) is 73.2 Å². The van der Waals surface area contributed by atoms with Crippen LogP contribution in [-0.2, 0) is 33.2 Å². The lowest BCUT2D eigenvalue weighted by Crippen LogP contribution is -2.66. The van der Waals surface area contributed by atoms with Crippen molar-refractivity contribution in [3.63, 3.8) is 0 Å². The number of rotatable bonds is 58. The van der Waals surface area contributed by atoms with Gasteiger partial charge in [0.15, 0.2) is 18.9 Å². The quantitative estimate of drug-likeness (QED) is 0.0199. The zero-order chi connectivity index (χ0) is 68.2. The van der Waals surface area contributed by atoms with Crippen molar-refractivity contribution in [1.29, 1.82) is 0 Å². The number of amides is 1. The Hall–Kier alpha value is -2.51. The summed E-state index contributed by atoms with van der Waals surface area (Å²) in [6.45, 7) is 1.65. The maximum atomic E-state index is 13.4. The van der Waals surface area contributed by atoms with Crippen LogP contribution in [0.1, 0.15) is 277 Å². The molecule has 3 heterocycles. The monoisotopic (exact) mass is 1340 g/mol. The van der Waals surface area contributed by atoms with Crippen molar-refractivity contribution >= 4 is 5.91 Å². The molecule has 0 radical (unpaired) electrons. The van der Waals surface area contributed by atoms with Crippen LogP contribution in [0.5, 0.6) is 0 Å². The first kappa shape index (κ1) is 85.7. The Morgan fingerprint density at radius 1 is 0.383 bits per heavy atom. The molecule has 3 saturated heterocycles. The summed E-state index contributed by atoms with van der Waals surface area (Å²) in [5.41, 5.74) is 0. The fraction of sp³-hybridized carbons (Fsp3) is 0.853. The van der Waals surface area contributed by atoms with Gasteiger partial charge >= 0.3 is 0 Å². The van der Waals surface area contributed by atoms with Crippen LogP contribution < -0.4 is 5.32 Å². The Labute approximate surface area is 566 Å². The molecule has 3 aliphatic heterocycles. The topological polar surface area (TPSA) is 307 Å². The van der Waals surface area contributed by atoms with E-state index in [1.807, 2.05) is 6.08 Å². The van der Waals surface area contributed by atoms with Gasteiger partial charge in [-0.15, -0.1) is 0 Å². The first-order valence-electron chi connectivity index (χ1n) is 37.5. The van der Waals surface area contributed by atoms with Crippen LogP contribution in [0.3, 0.4) is 0 Å². The lowest BCUT2D eigenvalue weighted by Gasteiger charge is -2.48. The predicted molar refractivity (Wildman–Crippen MR) is 369 cm³/mol. The Kier molecular flexibility index (Phi) is 51.3. The summed E-state index contributed by atoms with van der Waals surface area (Å²) in [5, 5.41) is 120. The number of aliphatic hydroxyl groups excluding tert-OH is 11. The first-order valence-corrected chi connectivity index (χ1v) is 37.5. The van der Waals surface area contributed by atoms with E-state index in [0.717, 1.165) is 51.4 Å². The molecule has 19 heteroatoms. The molecule has 17 unspecified atom stereocenters. The molecule has 0 bridgehead atoms. The molecule has 548 valence electrons. The zero-order valence-electron chi connectivity index (χ0n) is 58.2. The summed E-state index contributed by atoms with van der Waals surface area (Å²) >= 11 is 0. The van der Waals surface area contributed by atoms with Crippen molar-refractivity contribution in [3.05, 3.63) is 60.8 Å². The fourth-order valence-corrected chi connectivity index (χ4v) is 12.4. The van der Waals surface area contributed by atoms with Gasteiger partial charge in [-0.3, -0.25) is 4.79 Å². The molecule has 0 aromatic heterocycles. The van der Waals surface area contributed by atoms with Crippen LogP contribution in [-0.4, -0.2) is 193 Å². The molecule has 0 saturated carbocycles. The Morgan fingerprint density at radius 2 is 0.723 bits per heavy atom. The average Bonchev–Trinajstić information content (AvgIpc) is 0.787. The number of hydrogen-bond donors (Lipinski definition) is 12. The molecule has 3 fully saturated rings. The summed E-state index contributed by atoms with van der Waals surface area (Å²) in [6.07, 6.45) is 44.0. The van der Waals surface area contributed by atoms with Crippen molar-refractivity contribution < 1.29 is 89.4 Å². The smallest absolute Gasteiger partial charge is 0.220 e. The zero-order valence-corrected chi connectivity index (χ0v) is 58.2. The Bertz CT molecular complexity index is 1940. The molecule has 0 aliphatic carbocycles. The first-order chi connectivity index (χ1) is 45.8. The van der Waals surface area contributed by atoms with Crippen LogP contribution >= 0.6 is 0 Å². The summed E-state index contributed by atoms with van der Waals surface area (Å²) in [7, 11) is 0. The van der Waals surface area contributed by atoms with Gasteiger partial charge in [0, 0.05) is 6.42 Å². The number of carbonyl (C=O) groups excluding carboxylic acids is 1. The standard InChI is InChI=1S/C75H135NO18/c1-3-5-7-9-11-13-15-17-18-19-20-21-22-23-24-25-26-27-28-29-30-31-32-33-34-35-36-37-38-39-40-41-43-45-47-49-51-53-63(81)76-58(59(80)52-50-48-46-44-42-16-14-12-10-8-6-4-2)57-89-73-69(87)66(84)71(61(55-78)91-73)94-75-70(88)67(85)72(62(56-79)92-75)93-74-68(86)65(83)64(82)60(54-77)90-74/h10,12,15,17,19-20,42,44,50,52,58-62,64-75,77-80,82-88H,3-9,11,13-14,16,18,21-41,43,45-49,51,53-57H2,1-2H3,(H,76,81)/b12-10+,17-15-,20-19-,44-42+,52-50+.